The zero-order valence-electron chi connectivity index (χ0n) is 23.0. The SMILES string of the molecule is Cc1ccc(N(c2ccc3c(c2)oc2ccccc23)c2cc3sc4ccc5ccccc5c4c3c3ccccc23)cc1. The van der Waals surface area contributed by atoms with E-state index in [1.54, 1.807) is 0 Å². The number of fused-ring (bicyclic) bond motifs is 10. The van der Waals surface area contributed by atoms with E-state index in [4.69, 9.17) is 4.42 Å². The Morgan fingerprint density at radius 1 is 0.500 bits per heavy atom. The Morgan fingerprint density at radius 3 is 2.02 bits per heavy atom. The molecule has 0 aliphatic carbocycles. The van der Waals surface area contributed by atoms with E-state index >= 15 is 0 Å². The van der Waals surface area contributed by atoms with E-state index in [2.05, 4.69) is 133 Å². The summed E-state index contributed by atoms with van der Waals surface area (Å²) < 4.78 is 8.95. The highest BCUT2D eigenvalue weighted by molar-refractivity contribution is 7.26. The number of hydrogen-bond acceptors (Lipinski definition) is 3. The van der Waals surface area contributed by atoms with Crippen LogP contribution in [0.1, 0.15) is 5.56 Å². The first kappa shape index (κ1) is 23.6. The Morgan fingerprint density at radius 2 is 1.17 bits per heavy atom. The molecule has 0 atom stereocenters. The Bertz CT molecular complexity index is 2480. The second-order valence-electron chi connectivity index (χ2n) is 11.0. The number of para-hydroxylation sites is 1. The summed E-state index contributed by atoms with van der Waals surface area (Å²) in [7, 11) is 0. The zero-order valence-corrected chi connectivity index (χ0v) is 23.8. The van der Waals surface area contributed by atoms with Crippen LogP contribution in [-0.4, -0.2) is 0 Å². The van der Waals surface area contributed by atoms with Crippen LogP contribution in [0.4, 0.5) is 17.1 Å². The number of rotatable bonds is 3. The number of hydrogen-bond donors (Lipinski definition) is 0. The van der Waals surface area contributed by atoms with Gasteiger partial charge in [-0.25, -0.2) is 0 Å². The van der Waals surface area contributed by atoms with Crippen LogP contribution in [0.25, 0.3) is 63.7 Å². The Labute approximate surface area is 246 Å². The molecule has 42 heavy (non-hydrogen) atoms. The molecule has 2 aromatic heterocycles. The molecule has 2 heterocycles. The van der Waals surface area contributed by atoms with Crippen molar-refractivity contribution in [3.63, 3.8) is 0 Å². The van der Waals surface area contributed by atoms with Crippen molar-refractivity contribution in [1.82, 2.24) is 0 Å². The first-order valence-electron chi connectivity index (χ1n) is 14.3. The highest BCUT2D eigenvalue weighted by Gasteiger charge is 2.21. The minimum absolute atomic E-state index is 0.893. The van der Waals surface area contributed by atoms with Gasteiger partial charge in [-0.2, -0.15) is 0 Å². The van der Waals surface area contributed by atoms with Crippen molar-refractivity contribution in [2.24, 2.45) is 0 Å². The number of nitrogens with zero attached hydrogens (tertiary/aromatic N) is 1. The van der Waals surface area contributed by atoms with Gasteiger partial charge in [0.25, 0.3) is 0 Å². The number of anilines is 3. The monoisotopic (exact) mass is 555 g/mol. The number of benzene rings is 7. The lowest BCUT2D eigenvalue weighted by Gasteiger charge is -2.27. The molecule has 0 saturated heterocycles. The van der Waals surface area contributed by atoms with Crippen LogP contribution in [0.5, 0.6) is 0 Å². The summed E-state index contributed by atoms with van der Waals surface area (Å²) in [5.41, 5.74) is 6.39. The standard InChI is InChI=1S/C39H25NOS/c1-24-14-17-26(18-15-24)40(27-19-20-31-30-11-6-7-13-34(30)41-35(31)22-27)33-23-37-39(32-12-5-4-10-29(32)33)38-28-9-3-2-8-25(28)16-21-36(38)42-37/h2-23H,1H3. The minimum atomic E-state index is 0.893. The van der Waals surface area contributed by atoms with Crippen molar-refractivity contribution < 1.29 is 4.42 Å². The fourth-order valence-electron chi connectivity index (χ4n) is 6.54. The Kier molecular flexibility index (Phi) is 5.02. The van der Waals surface area contributed by atoms with Gasteiger partial charge in [-0.15, -0.1) is 11.3 Å². The summed E-state index contributed by atoms with van der Waals surface area (Å²) in [4.78, 5) is 2.39. The first-order valence-corrected chi connectivity index (χ1v) is 15.1. The molecule has 2 nitrogen and oxygen atoms in total. The van der Waals surface area contributed by atoms with Gasteiger partial charge in [0, 0.05) is 53.8 Å². The first-order chi connectivity index (χ1) is 20.7. The van der Waals surface area contributed by atoms with Gasteiger partial charge < -0.3 is 9.32 Å². The lowest BCUT2D eigenvalue weighted by Crippen LogP contribution is -2.10. The van der Waals surface area contributed by atoms with Crippen molar-refractivity contribution in [3.8, 4) is 0 Å². The maximum atomic E-state index is 6.35. The van der Waals surface area contributed by atoms with Crippen molar-refractivity contribution in [2.45, 2.75) is 6.92 Å². The lowest BCUT2D eigenvalue weighted by molar-refractivity contribution is 0.669. The van der Waals surface area contributed by atoms with E-state index in [9.17, 15) is 0 Å². The molecule has 198 valence electrons. The van der Waals surface area contributed by atoms with Crippen LogP contribution >= 0.6 is 11.3 Å². The fourth-order valence-corrected chi connectivity index (χ4v) is 7.71. The number of furan rings is 1. The average molecular weight is 556 g/mol. The maximum Gasteiger partial charge on any atom is 0.137 e. The van der Waals surface area contributed by atoms with E-state index in [-0.39, 0.29) is 0 Å². The summed E-state index contributed by atoms with van der Waals surface area (Å²) in [6, 6.07) is 48.2. The molecule has 0 radical (unpaired) electrons. The van der Waals surface area contributed by atoms with Gasteiger partial charge in [0.2, 0.25) is 0 Å². The Hall–Kier alpha value is -5.12. The molecule has 0 N–H and O–H groups in total. The van der Waals surface area contributed by atoms with Crippen LogP contribution in [0, 0.1) is 6.92 Å². The van der Waals surface area contributed by atoms with Crippen LogP contribution in [-0.2, 0) is 0 Å². The van der Waals surface area contributed by atoms with E-state index in [1.807, 2.05) is 23.5 Å². The van der Waals surface area contributed by atoms with E-state index < -0.39 is 0 Å². The van der Waals surface area contributed by atoms with E-state index in [1.165, 1.54) is 47.3 Å². The van der Waals surface area contributed by atoms with Crippen LogP contribution in [0.2, 0.25) is 0 Å². The van der Waals surface area contributed by atoms with Gasteiger partial charge in [0.1, 0.15) is 11.2 Å². The molecule has 9 rings (SSSR count). The quantitative estimate of drug-likeness (QED) is 0.216. The third kappa shape index (κ3) is 3.44. The van der Waals surface area contributed by atoms with Gasteiger partial charge in [-0.05, 0) is 65.5 Å². The average Bonchev–Trinajstić information content (AvgIpc) is 3.60. The summed E-state index contributed by atoms with van der Waals surface area (Å²) in [5.74, 6) is 0. The predicted octanol–water partition coefficient (Wildman–Crippen LogP) is 12.0. The van der Waals surface area contributed by atoms with Gasteiger partial charge in [0.05, 0.1) is 5.69 Å². The molecule has 3 heteroatoms. The summed E-state index contributed by atoms with van der Waals surface area (Å²) in [6.45, 7) is 2.14. The lowest BCUT2D eigenvalue weighted by atomic mass is 9.98. The van der Waals surface area contributed by atoms with Crippen LogP contribution < -0.4 is 4.90 Å². The van der Waals surface area contributed by atoms with Crippen LogP contribution in [0.15, 0.2) is 138 Å². The van der Waals surface area contributed by atoms with Crippen LogP contribution in [0.3, 0.4) is 0 Å². The van der Waals surface area contributed by atoms with Crippen molar-refractivity contribution in [2.75, 3.05) is 4.90 Å². The largest absolute Gasteiger partial charge is 0.456 e. The van der Waals surface area contributed by atoms with Crippen molar-refractivity contribution >= 4 is 92.1 Å². The van der Waals surface area contributed by atoms with Crippen molar-refractivity contribution in [3.05, 3.63) is 139 Å². The summed E-state index contributed by atoms with van der Waals surface area (Å²) >= 11 is 1.88. The molecule has 0 spiro atoms. The zero-order chi connectivity index (χ0) is 27.8. The number of aryl methyl sites for hydroxylation is 1. The highest BCUT2D eigenvalue weighted by atomic mass is 32.1. The number of thiophene rings is 1. The molecular weight excluding hydrogens is 531 g/mol. The molecule has 7 aromatic carbocycles. The molecular formula is C39H25NOS. The molecule has 0 amide bonds. The molecule has 0 saturated carbocycles. The molecule has 0 unspecified atom stereocenters. The van der Waals surface area contributed by atoms with Gasteiger partial charge in [-0.3, -0.25) is 0 Å². The highest BCUT2D eigenvalue weighted by Crippen LogP contribution is 2.48. The smallest absolute Gasteiger partial charge is 0.137 e. The van der Waals surface area contributed by atoms with Gasteiger partial charge >= 0.3 is 0 Å². The molecule has 0 aliphatic rings. The fraction of sp³-hybridized carbons (Fsp3) is 0.0256. The topological polar surface area (TPSA) is 16.4 Å². The third-order valence-corrected chi connectivity index (χ3v) is 9.60. The predicted molar refractivity (Wildman–Crippen MR) is 181 cm³/mol. The molecule has 9 aromatic rings. The Balaban J connectivity index is 1.37. The van der Waals surface area contributed by atoms with Gasteiger partial charge in [0.15, 0.2) is 0 Å². The second-order valence-corrected chi connectivity index (χ2v) is 12.1. The van der Waals surface area contributed by atoms with E-state index in [0.717, 1.165) is 39.0 Å². The normalized spacial score (nSPS) is 11.9. The minimum Gasteiger partial charge on any atom is -0.456 e. The molecule has 0 bridgehead atoms. The molecule has 0 fully saturated rings. The second kappa shape index (κ2) is 8.94. The van der Waals surface area contributed by atoms with Crippen molar-refractivity contribution in [1.29, 1.82) is 0 Å². The maximum absolute atomic E-state index is 6.35. The summed E-state index contributed by atoms with van der Waals surface area (Å²) in [6.07, 6.45) is 0. The molecule has 0 aliphatic heterocycles. The summed E-state index contributed by atoms with van der Waals surface area (Å²) in [5, 5.41) is 10.0. The van der Waals surface area contributed by atoms with Gasteiger partial charge in [-0.1, -0.05) is 90.5 Å². The van der Waals surface area contributed by atoms with E-state index in [0.29, 0.717) is 0 Å². The third-order valence-electron chi connectivity index (χ3n) is 8.50.